The number of amides is 1. The normalized spacial score (nSPS) is 10.8. The van der Waals surface area contributed by atoms with Crippen molar-refractivity contribution in [2.24, 2.45) is 0 Å². The van der Waals surface area contributed by atoms with E-state index in [9.17, 15) is 4.79 Å². The molecule has 18 heavy (non-hydrogen) atoms. The Kier molecular flexibility index (Phi) is 3.85. The lowest BCUT2D eigenvalue weighted by atomic mass is 10.3. The predicted molar refractivity (Wildman–Crippen MR) is 72.6 cm³/mol. The minimum atomic E-state index is -0.253. The maximum atomic E-state index is 11.6. The topological polar surface area (TPSA) is 42.2 Å². The monoisotopic (exact) mass is 261 g/mol. The highest BCUT2D eigenvalue weighted by molar-refractivity contribution is 6.33. The molecule has 0 saturated heterocycles. The number of carbonyl (C=O) groups excluding carboxylic acids is 1. The standard InChI is InChI=1S/C14H12ClNO2/c1-10-6-7-11(18-10)8-9-14(17)16-13-5-3-2-4-12(13)15/h2-9H,1H3,(H,16,17). The van der Waals surface area contributed by atoms with Gasteiger partial charge in [0.2, 0.25) is 5.91 Å². The molecule has 0 saturated carbocycles. The van der Waals surface area contributed by atoms with Gasteiger partial charge in [0.15, 0.2) is 0 Å². The number of para-hydroxylation sites is 1. The third kappa shape index (κ3) is 3.25. The second-order valence-electron chi connectivity index (χ2n) is 3.75. The van der Waals surface area contributed by atoms with Crippen molar-refractivity contribution in [3.05, 3.63) is 59.0 Å². The molecule has 0 aliphatic rings. The lowest BCUT2D eigenvalue weighted by Crippen LogP contribution is -2.07. The number of halogens is 1. The summed E-state index contributed by atoms with van der Waals surface area (Å²) in [5, 5.41) is 3.20. The Bertz CT molecular complexity index is 587. The van der Waals surface area contributed by atoms with Crippen LogP contribution in [0, 0.1) is 6.92 Å². The zero-order chi connectivity index (χ0) is 13.0. The molecule has 0 spiro atoms. The highest BCUT2D eigenvalue weighted by Crippen LogP contribution is 2.20. The summed E-state index contributed by atoms with van der Waals surface area (Å²) < 4.78 is 5.31. The maximum Gasteiger partial charge on any atom is 0.248 e. The number of aryl methyl sites for hydroxylation is 1. The zero-order valence-electron chi connectivity index (χ0n) is 9.81. The minimum Gasteiger partial charge on any atom is -0.462 e. The number of benzene rings is 1. The third-order valence-corrected chi connectivity index (χ3v) is 2.62. The van der Waals surface area contributed by atoms with E-state index in [-0.39, 0.29) is 5.91 Å². The number of nitrogens with one attached hydrogen (secondary N) is 1. The molecule has 1 heterocycles. The van der Waals surface area contributed by atoms with E-state index in [4.69, 9.17) is 16.0 Å². The zero-order valence-corrected chi connectivity index (χ0v) is 10.6. The fourth-order valence-electron chi connectivity index (χ4n) is 1.44. The molecule has 3 nitrogen and oxygen atoms in total. The van der Waals surface area contributed by atoms with Crippen LogP contribution in [0.2, 0.25) is 5.02 Å². The molecule has 1 N–H and O–H groups in total. The van der Waals surface area contributed by atoms with Crippen LogP contribution in [-0.2, 0) is 4.79 Å². The SMILES string of the molecule is Cc1ccc(C=CC(=O)Nc2ccccc2Cl)o1. The van der Waals surface area contributed by atoms with E-state index in [1.54, 1.807) is 36.4 Å². The molecular formula is C14H12ClNO2. The first-order valence-electron chi connectivity index (χ1n) is 5.45. The maximum absolute atomic E-state index is 11.6. The third-order valence-electron chi connectivity index (χ3n) is 2.29. The van der Waals surface area contributed by atoms with Gasteiger partial charge in [-0.25, -0.2) is 0 Å². The summed E-state index contributed by atoms with van der Waals surface area (Å²) in [5.41, 5.74) is 0.587. The highest BCUT2D eigenvalue weighted by atomic mass is 35.5. The minimum absolute atomic E-state index is 0.253. The Morgan fingerprint density at radius 3 is 2.72 bits per heavy atom. The number of carbonyl (C=O) groups is 1. The van der Waals surface area contributed by atoms with Crippen LogP contribution in [0.5, 0.6) is 0 Å². The Labute approximate surface area is 110 Å². The van der Waals surface area contributed by atoms with Gasteiger partial charge >= 0.3 is 0 Å². The summed E-state index contributed by atoms with van der Waals surface area (Å²) in [6.45, 7) is 1.85. The molecule has 92 valence electrons. The summed E-state index contributed by atoms with van der Waals surface area (Å²) in [4.78, 5) is 11.6. The first-order valence-corrected chi connectivity index (χ1v) is 5.83. The van der Waals surface area contributed by atoms with Crippen LogP contribution in [0.4, 0.5) is 5.69 Å². The van der Waals surface area contributed by atoms with Crippen molar-refractivity contribution in [3.8, 4) is 0 Å². The molecule has 0 bridgehead atoms. The molecule has 4 heteroatoms. The van der Waals surface area contributed by atoms with Crippen LogP contribution in [0.15, 0.2) is 46.9 Å². The van der Waals surface area contributed by atoms with Crippen molar-refractivity contribution in [1.82, 2.24) is 0 Å². The first-order chi connectivity index (χ1) is 8.65. The van der Waals surface area contributed by atoms with Gasteiger partial charge in [0, 0.05) is 6.08 Å². The average molecular weight is 262 g/mol. The van der Waals surface area contributed by atoms with Gasteiger partial charge in [-0.2, -0.15) is 0 Å². The second-order valence-corrected chi connectivity index (χ2v) is 4.16. The number of hydrogen-bond donors (Lipinski definition) is 1. The number of hydrogen-bond acceptors (Lipinski definition) is 2. The van der Waals surface area contributed by atoms with Crippen LogP contribution >= 0.6 is 11.6 Å². The smallest absolute Gasteiger partial charge is 0.248 e. The highest BCUT2D eigenvalue weighted by Gasteiger charge is 2.02. The van der Waals surface area contributed by atoms with E-state index >= 15 is 0 Å². The molecule has 0 atom stereocenters. The summed E-state index contributed by atoms with van der Waals surface area (Å²) in [6.07, 6.45) is 3.01. The molecule has 0 fully saturated rings. The van der Waals surface area contributed by atoms with Gasteiger partial charge in [-0.1, -0.05) is 23.7 Å². The second kappa shape index (κ2) is 5.56. The summed E-state index contributed by atoms with van der Waals surface area (Å²) in [7, 11) is 0. The Hall–Kier alpha value is -2.00. The van der Waals surface area contributed by atoms with Crippen molar-refractivity contribution in [2.75, 3.05) is 5.32 Å². The van der Waals surface area contributed by atoms with Gasteiger partial charge in [-0.05, 0) is 37.3 Å². The van der Waals surface area contributed by atoms with E-state index in [1.807, 2.05) is 13.0 Å². The molecule has 1 aromatic heterocycles. The fraction of sp³-hybridized carbons (Fsp3) is 0.0714. The van der Waals surface area contributed by atoms with Gasteiger partial charge < -0.3 is 9.73 Å². The molecule has 1 aromatic carbocycles. The summed E-state index contributed by atoms with van der Waals surface area (Å²) in [6, 6.07) is 10.7. The first kappa shape index (κ1) is 12.5. The largest absolute Gasteiger partial charge is 0.462 e. The Balaban J connectivity index is 2.01. The van der Waals surface area contributed by atoms with Crippen molar-refractivity contribution < 1.29 is 9.21 Å². The number of anilines is 1. The van der Waals surface area contributed by atoms with E-state index < -0.39 is 0 Å². The molecule has 0 radical (unpaired) electrons. The van der Waals surface area contributed by atoms with Gasteiger partial charge in [0.25, 0.3) is 0 Å². The van der Waals surface area contributed by atoms with E-state index in [0.29, 0.717) is 16.5 Å². The fourth-order valence-corrected chi connectivity index (χ4v) is 1.62. The molecule has 0 unspecified atom stereocenters. The van der Waals surface area contributed by atoms with Crippen molar-refractivity contribution >= 4 is 29.3 Å². The Morgan fingerprint density at radius 1 is 1.28 bits per heavy atom. The van der Waals surface area contributed by atoms with Crippen LogP contribution in [0.25, 0.3) is 6.08 Å². The van der Waals surface area contributed by atoms with E-state index in [1.165, 1.54) is 6.08 Å². The van der Waals surface area contributed by atoms with E-state index in [2.05, 4.69) is 5.32 Å². The summed E-state index contributed by atoms with van der Waals surface area (Å²) >= 11 is 5.93. The molecule has 0 aliphatic heterocycles. The van der Waals surface area contributed by atoms with Crippen molar-refractivity contribution in [1.29, 1.82) is 0 Å². The predicted octanol–water partition coefficient (Wildman–Crippen LogP) is 3.89. The molecule has 1 amide bonds. The molecule has 2 aromatic rings. The lowest BCUT2D eigenvalue weighted by molar-refractivity contribution is -0.111. The van der Waals surface area contributed by atoms with Crippen molar-refractivity contribution in [3.63, 3.8) is 0 Å². The molecular weight excluding hydrogens is 250 g/mol. The van der Waals surface area contributed by atoms with Gasteiger partial charge in [0.05, 0.1) is 10.7 Å². The molecule has 2 rings (SSSR count). The van der Waals surface area contributed by atoms with Crippen molar-refractivity contribution in [2.45, 2.75) is 6.92 Å². The van der Waals surface area contributed by atoms with Crippen LogP contribution in [0.3, 0.4) is 0 Å². The average Bonchev–Trinajstić information content (AvgIpc) is 2.76. The van der Waals surface area contributed by atoms with Gasteiger partial charge in [-0.3, -0.25) is 4.79 Å². The van der Waals surface area contributed by atoms with Gasteiger partial charge in [0.1, 0.15) is 11.5 Å². The molecule has 0 aliphatic carbocycles. The quantitative estimate of drug-likeness (QED) is 0.852. The van der Waals surface area contributed by atoms with Gasteiger partial charge in [-0.15, -0.1) is 0 Å². The lowest BCUT2D eigenvalue weighted by Gasteiger charge is -2.03. The number of furan rings is 1. The van der Waals surface area contributed by atoms with Crippen LogP contribution in [0.1, 0.15) is 11.5 Å². The Morgan fingerprint density at radius 2 is 2.06 bits per heavy atom. The number of rotatable bonds is 3. The summed E-state index contributed by atoms with van der Waals surface area (Å²) in [5.74, 6) is 1.19. The van der Waals surface area contributed by atoms with Crippen LogP contribution in [-0.4, -0.2) is 5.91 Å². The van der Waals surface area contributed by atoms with Crippen LogP contribution < -0.4 is 5.32 Å². The van der Waals surface area contributed by atoms with E-state index in [0.717, 1.165) is 5.76 Å².